The van der Waals surface area contributed by atoms with Gasteiger partial charge in [0.2, 0.25) is 0 Å². The first-order chi connectivity index (χ1) is 6.09. The van der Waals surface area contributed by atoms with Crippen molar-refractivity contribution in [3.63, 3.8) is 0 Å². The molecule has 0 bridgehead atoms. The van der Waals surface area contributed by atoms with E-state index in [0.29, 0.717) is 5.02 Å². The summed E-state index contributed by atoms with van der Waals surface area (Å²) in [4.78, 5) is 10.5. The van der Waals surface area contributed by atoms with E-state index in [-0.39, 0.29) is 0 Å². The number of anilines is 1. The molecule has 0 spiro atoms. The maximum atomic E-state index is 10.5. The predicted molar refractivity (Wildman–Crippen MR) is 52.2 cm³/mol. The van der Waals surface area contributed by atoms with E-state index >= 15 is 0 Å². The SMILES string of the molecule is C[C@H](Nc1ccc(Cl)cc1)C(=O)O. The summed E-state index contributed by atoms with van der Waals surface area (Å²) in [6, 6.07) is 6.29. The smallest absolute Gasteiger partial charge is 0.325 e. The highest BCUT2D eigenvalue weighted by atomic mass is 35.5. The number of halogens is 1. The molecule has 0 saturated heterocycles. The van der Waals surface area contributed by atoms with Gasteiger partial charge in [-0.25, -0.2) is 0 Å². The molecule has 0 amide bonds. The molecular weight excluding hydrogens is 190 g/mol. The van der Waals surface area contributed by atoms with Gasteiger partial charge in [0.05, 0.1) is 0 Å². The average molecular weight is 200 g/mol. The van der Waals surface area contributed by atoms with Crippen molar-refractivity contribution in [3.05, 3.63) is 29.3 Å². The van der Waals surface area contributed by atoms with Crippen LogP contribution in [0.15, 0.2) is 24.3 Å². The second-order valence-corrected chi connectivity index (χ2v) is 3.15. The van der Waals surface area contributed by atoms with Gasteiger partial charge < -0.3 is 10.4 Å². The number of carbonyl (C=O) groups is 1. The van der Waals surface area contributed by atoms with E-state index in [4.69, 9.17) is 16.7 Å². The van der Waals surface area contributed by atoms with E-state index in [1.165, 1.54) is 0 Å². The van der Waals surface area contributed by atoms with Crippen LogP contribution in [0.4, 0.5) is 5.69 Å². The van der Waals surface area contributed by atoms with Crippen LogP contribution < -0.4 is 5.32 Å². The lowest BCUT2D eigenvalue weighted by atomic mass is 10.3. The maximum Gasteiger partial charge on any atom is 0.325 e. The number of hydrogen-bond acceptors (Lipinski definition) is 2. The van der Waals surface area contributed by atoms with Crippen molar-refractivity contribution in [2.75, 3.05) is 5.32 Å². The number of rotatable bonds is 3. The van der Waals surface area contributed by atoms with Gasteiger partial charge in [0.1, 0.15) is 6.04 Å². The fourth-order valence-electron chi connectivity index (χ4n) is 0.858. The fraction of sp³-hybridized carbons (Fsp3) is 0.222. The first-order valence-electron chi connectivity index (χ1n) is 3.84. The van der Waals surface area contributed by atoms with Gasteiger partial charge in [0.25, 0.3) is 0 Å². The van der Waals surface area contributed by atoms with Crippen LogP contribution in [-0.4, -0.2) is 17.1 Å². The van der Waals surface area contributed by atoms with E-state index in [1.807, 2.05) is 0 Å². The zero-order valence-corrected chi connectivity index (χ0v) is 7.88. The minimum Gasteiger partial charge on any atom is -0.480 e. The van der Waals surface area contributed by atoms with Gasteiger partial charge in [0.15, 0.2) is 0 Å². The van der Waals surface area contributed by atoms with Crippen LogP contribution in [-0.2, 0) is 4.79 Å². The van der Waals surface area contributed by atoms with Gasteiger partial charge in [0, 0.05) is 10.7 Å². The highest BCUT2D eigenvalue weighted by Gasteiger charge is 2.09. The summed E-state index contributed by atoms with van der Waals surface area (Å²) in [7, 11) is 0. The lowest BCUT2D eigenvalue weighted by molar-refractivity contribution is -0.137. The summed E-state index contributed by atoms with van der Waals surface area (Å²) >= 11 is 5.67. The minimum absolute atomic E-state index is 0.596. The summed E-state index contributed by atoms with van der Waals surface area (Å²) in [6.07, 6.45) is 0. The van der Waals surface area contributed by atoms with Gasteiger partial charge in [-0.15, -0.1) is 0 Å². The molecule has 2 N–H and O–H groups in total. The molecule has 3 nitrogen and oxygen atoms in total. The van der Waals surface area contributed by atoms with Crippen LogP contribution in [0.5, 0.6) is 0 Å². The molecule has 1 aromatic rings. The van der Waals surface area contributed by atoms with Gasteiger partial charge in [-0.05, 0) is 31.2 Å². The van der Waals surface area contributed by atoms with Crippen LogP contribution in [0, 0.1) is 0 Å². The van der Waals surface area contributed by atoms with Crippen molar-refractivity contribution in [3.8, 4) is 0 Å². The average Bonchev–Trinajstić information content (AvgIpc) is 2.08. The molecule has 1 rings (SSSR count). The molecule has 13 heavy (non-hydrogen) atoms. The van der Waals surface area contributed by atoms with Gasteiger partial charge in [-0.3, -0.25) is 4.79 Å². The Morgan fingerprint density at radius 3 is 2.46 bits per heavy atom. The fourth-order valence-corrected chi connectivity index (χ4v) is 0.984. The van der Waals surface area contributed by atoms with Crippen LogP contribution >= 0.6 is 11.6 Å². The Hall–Kier alpha value is -1.22. The Labute approximate surface area is 81.3 Å². The normalized spacial score (nSPS) is 12.2. The van der Waals surface area contributed by atoms with Crippen molar-refractivity contribution in [1.82, 2.24) is 0 Å². The molecule has 0 radical (unpaired) electrons. The van der Waals surface area contributed by atoms with Crippen LogP contribution in [0.2, 0.25) is 5.02 Å². The topological polar surface area (TPSA) is 49.3 Å². The van der Waals surface area contributed by atoms with Crippen LogP contribution in [0.1, 0.15) is 6.92 Å². The van der Waals surface area contributed by atoms with Crippen molar-refractivity contribution in [2.45, 2.75) is 13.0 Å². The van der Waals surface area contributed by atoms with Crippen molar-refractivity contribution in [2.24, 2.45) is 0 Å². The number of nitrogens with one attached hydrogen (secondary N) is 1. The summed E-state index contributed by atoms with van der Waals surface area (Å²) in [5.41, 5.74) is 0.749. The molecule has 0 fully saturated rings. The third-order valence-corrected chi connectivity index (χ3v) is 1.85. The Morgan fingerprint density at radius 2 is 2.00 bits per heavy atom. The lowest BCUT2D eigenvalue weighted by Gasteiger charge is -2.09. The molecule has 0 aromatic heterocycles. The van der Waals surface area contributed by atoms with E-state index in [9.17, 15) is 4.79 Å². The second-order valence-electron chi connectivity index (χ2n) is 2.71. The highest BCUT2D eigenvalue weighted by molar-refractivity contribution is 6.30. The van der Waals surface area contributed by atoms with Crippen LogP contribution in [0.25, 0.3) is 0 Å². The predicted octanol–water partition coefficient (Wildman–Crippen LogP) is 2.22. The third-order valence-electron chi connectivity index (χ3n) is 1.60. The van der Waals surface area contributed by atoms with E-state index < -0.39 is 12.0 Å². The summed E-state index contributed by atoms with van der Waals surface area (Å²) in [6.45, 7) is 1.58. The van der Waals surface area contributed by atoms with E-state index in [1.54, 1.807) is 31.2 Å². The Kier molecular flexibility index (Phi) is 3.14. The molecule has 0 heterocycles. The molecule has 1 atom stereocenters. The quantitative estimate of drug-likeness (QED) is 0.785. The molecule has 70 valence electrons. The zero-order valence-electron chi connectivity index (χ0n) is 7.12. The van der Waals surface area contributed by atoms with E-state index in [0.717, 1.165) is 5.69 Å². The van der Waals surface area contributed by atoms with E-state index in [2.05, 4.69) is 5.32 Å². The number of carboxylic acids is 1. The number of hydrogen-bond donors (Lipinski definition) is 2. The monoisotopic (exact) mass is 199 g/mol. The maximum absolute atomic E-state index is 10.5. The molecule has 4 heteroatoms. The molecular formula is C9H10ClNO2. The second kappa shape index (κ2) is 4.14. The third kappa shape index (κ3) is 2.95. The largest absolute Gasteiger partial charge is 0.480 e. The Balaban J connectivity index is 2.64. The molecule has 0 aliphatic rings. The van der Waals surface area contributed by atoms with Crippen LogP contribution in [0.3, 0.4) is 0 Å². The lowest BCUT2D eigenvalue weighted by Crippen LogP contribution is -2.25. The molecule has 1 aromatic carbocycles. The summed E-state index contributed by atoms with van der Waals surface area (Å²) in [5, 5.41) is 12.1. The number of carboxylic acid groups (broad SMARTS) is 1. The highest BCUT2D eigenvalue weighted by Crippen LogP contribution is 2.13. The molecule has 0 aliphatic carbocycles. The van der Waals surface area contributed by atoms with Gasteiger partial charge >= 0.3 is 5.97 Å². The minimum atomic E-state index is -0.880. The molecule has 0 saturated carbocycles. The Morgan fingerprint density at radius 1 is 1.46 bits per heavy atom. The standard InChI is InChI=1S/C9H10ClNO2/c1-6(9(12)13)11-8-4-2-7(10)3-5-8/h2-6,11H,1H3,(H,12,13)/t6-/m0/s1. The first kappa shape index (κ1) is 9.86. The van der Waals surface area contributed by atoms with Crippen molar-refractivity contribution in [1.29, 1.82) is 0 Å². The zero-order chi connectivity index (χ0) is 9.84. The molecule has 0 aliphatic heterocycles. The first-order valence-corrected chi connectivity index (χ1v) is 4.22. The van der Waals surface area contributed by atoms with Gasteiger partial charge in [-0.2, -0.15) is 0 Å². The van der Waals surface area contributed by atoms with Crippen molar-refractivity contribution >= 4 is 23.3 Å². The van der Waals surface area contributed by atoms with Crippen molar-refractivity contribution < 1.29 is 9.90 Å². The Bertz CT molecular complexity index is 297. The molecule has 0 unspecified atom stereocenters. The summed E-state index contributed by atoms with van der Waals surface area (Å²) < 4.78 is 0. The number of benzene rings is 1. The number of aliphatic carboxylic acids is 1. The summed E-state index contributed by atoms with van der Waals surface area (Å²) in [5.74, 6) is -0.880. The van der Waals surface area contributed by atoms with Gasteiger partial charge in [-0.1, -0.05) is 11.6 Å².